The van der Waals surface area contributed by atoms with E-state index in [9.17, 15) is 18.5 Å². The van der Waals surface area contributed by atoms with Crippen LogP contribution in [0.1, 0.15) is 24.7 Å². The summed E-state index contributed by atoms with van der Waals surface area (Å²) in [6.45, 7) is 2.19. The Morgan fingerprint density at radius 1 is 1.22 bits per heavy atom. The van der Waals surface area contributed by atoms with E-state index in [4.69, 9.17) is 4.42 Å². The average Bonchev–Trinajstić information content (AvgIpc) is 2.98. The molecule has 140 valence electrons. The van der Waals surface area contributed by atoms with Crippen molar-refractivity contribution in [1.29, 1.82) is 0 Å². The highest BCUT2D eigenvalue weighted by molar-refractivity contribution is 7.92. The summed E-state index contributed by atoms with van der Waals surface area (Å²) in [7, 11) is -3.94. The molecule has 0 aliphatic heterocycles. The molecule has 1 aromatic heterocycles. The summed E-state index contributed by atoms with van der Waals surface area (Å²) in [4.78, 5) is 10.1. The summed E-state index contributed by atoms with van der Waals surface area (Å²) < 4.78 is 33.7. The van der Waals surface area contributed by atoms with Gasteiger partial charge in [-0.2, -0.15) is 0 Å². The zero-order chi connectivity index (χ0) is 19.2. The van der Waals surface area contributed by atoms with Gasteiger partial charge in [0, 0.05) is 35.2 Å². The van der Waals surface area contributed by atoms with Crippen LogP contribution in [0.5, 0.6) is 0 Å². The molecule has 0 fully saturated rings. The van der Waals surface area contributed by atoms with Gasteiger partial charge in [-0.3, -0.25) is 14.8 Å². The number of rotatable bonds is 4. The van der Waals surface area contributed by atoms with Crippen LogP contribution in [0.4, 0.5) is 11.4 Å². The van der Waals surface area contributed by atoms with E-state index in [0.717, 1.165) is 47.6 Å². The maximum atomic E-state index is 12.6. The SMILES string of the molecule is C[C@H]1CCc2c(oc3ccc(NS(=O)(=O)c4cccc([N+](=O)[O-])c4)cc23)C1. The van der Waals surface area contributed by atoms with Crippen molar-refractivity contribution in [2.75, 3.05) is 4.72 Å². The van der Waals surface area contributed by atoms with Crippen molar-refractivity contribution in [3.63, 3.8) is 0 Å². The Kier molecular flexibility index (Phi) is 4.15. The molecule has 1 atom stereocenters. The van der Waals surface area contributed by atoms with Crippen LogP contribution in [0.25, 0.3) is 11.0 Å². The van der Waals surface area contributed by atoms with Gasteiger partial charge in [-0.05, 0) is 43.0 Å². The molecule has 0 bridgehead atoms. The Morgan fingerprint density at radius 2 is 2.04 bits per heavy atom. The second-order valence-corrected chi connectivity index (χ2v) is 8.61. The normalized spacial score (nSPS) is 16.9. The summed E-state index contributed by atoms with van der Waals surface area (Å²) >= 11 is 0. The van der Waals surface area contributed by atoms with Gasteiger partial charge in [-0.15, -0.1) is 0 Å². The Labute approximate surface area is 156 Å². The molecule has 1 aliphatic rings. The van der Waals surface area contributed by atoms with Gasteiger partial charge in [0.05, 0.1) is 9.82 Å². The number of anilines is 1. The van der Waals surface area contributed by atoms with Crippen molar-refractivity contribution in [2.24, 2.45) is 5.92 Å². The van der Waals surface area contributed by atoms with Gasteiger partial charge in [0.25, 0.3) is 15.7 Å². The molecule has 1 aliphatic carbocycles. The Balaban J connectivity index is 1.69. The number of fused-ring (bicyclic) bond motifs is 3. The molecule has 0 saturated carbocycles. The third kappa shape index (κ3) is 3.28. The zero-order valence-electron chi connectivity index (χ0n) is 14.6. The molecule has 0 unspecified atom stereocenters. The fraction of sp³-hybridized carbons (Fsp3) is 0.263. The largest absolute Gasteiger partial charge is 0.461 e. The van der Waals surface area contributed by atoms with Crippen LogP contribution in [0.15, 0.2) is 51.8 Å². The van der Waals surface area contributed by atoms with Crippen molar-refractivity contribution in [3.8, 4) is 0 Å². The molecule has 2 aromatic carbocycles. The average molecular weight is 386 g/mol. The number of nitro groups is 1. The number of non-ortho nitro benzene ring substituents is 1. The quantitative estimate of drug-likeness (QED) is 0.533. The first-order chi connectivity index (χ1) is 12.8. The van der Waals surface area contributed by atoms with Gasteiger partial charge < -0.3 is 4.42 Å². The van der Waals surface area contributed by atoms with E-state index in [-0.39, 0.29) is 10.6 Å². The Morgan fingerprint density at radius 3 is 2.81 bits per heavy atom. The number of nitrogens with one attached hydrogen (secondary N) is 1. The highest BCUT2D eigenvalue weighted by Crippen LogP contribution is 2.35. The predicted octanol–water partition coefficient (Wildman–Crippen LogP) is 4.27. The molecular weight excluding hydrogens is 368 g/mol. The topological polar surface area (TPSA) is 102 Å². The lowest BCUT2D eigenvalue weighted by atomic mass is 9.88. The van der Waals surface area contributed by atoms with Crippen molar-refractivity contribution >= 4 is 32.4 Å². The van der Waals surface area contributed by atoms with Crippen LogP contribution in [-0.4, -0.2) is 13.3 Å². The first-order valence-corrected chi connectivity index (χ1v) is 10.1. The van der Waals surface area contributed by atoms with Gasteiger partial charge in [0.2, 0.25) is 0 Å². The highest BCUT2D eigenvalue weighted by atomic mass is 32.2. The van der Waals surface area contributed by atoms with E-state index in [1.807, 2.05) is 0 Å². The standard InChI is InChI=1S/C19H18N2O5S/c1-12-5-7-16-17-10-13(6-8-18(17)26-19(16)9-12)20-27(24,25)15-4-2-3-14(11-15)21(22)23/h2-4,6,8,10-12,20H,5,7,9H2,1H3/t12-/m0/s1. The second-order valence-electron chi connectivity index (χ2n) is 6.92. The molecule has 1 heterocycles. The fourth-order valence-electron chi connectivity index (χ4n) is 3.49. The smallest absolute Gasteiger partial charge is 0.270 e. The monoisotopic (exact) mass is 386 g/mol. The molecule has 7 nitrogen and oxygen atoms in total. The highest BCUT2D eigenvalue weighted by Gasteiger charge is 2.23. The fourth-order valence-corrected chi connectivity index (χ4v) is 4.58. The molecule has 0 radical (unpaired) electrons. The van der Waals surface area contributed by atoms with E-state index >= 15 is 0 Å². The van der Waals surface area contributed by atoms with E-state index in [1.54, 1.807) is 18.2 Å². The second kappa shape index (κ2) is 6.38. The third-order valence-electron chi connectivity index (χ3n) is 4.89. The van der Waals surface area contributed by atoms with Crippen molar-refractivity contribution < 1.29 is 17.8 Å². The van der Waals surface area contributed by atoms with Crippen molar-refractivity contribution in [1.82, 2.24) is 0 Å². The molecule has 0 saturated heterocycles. The van der Waals surface area contributed by atoms with E-state index in [2.05, 4.69) is 11.6 Å². The summed E-state index contributed by atoms with van der Waals surface area (Å²) in [5, 5.41) is 11.8. The van der Waals surface area contributed by atoms with Crippen LogP contribution < -0.4 is 4.72 Å². The first-order valence-electron chi connectivity index (χ1n) is 8.65. The van der Waals surface area contributed by atoms with E-state index in [1.165, 1.54) is 18.2 Å². The predicted molar refractivity (Wildman–Crippen MR) is 101 cm³/mol. The number of furan rings is 1. The number of nitro benzene ring substituents is 1. The van der Waals surface area contributed by atoms with E-state index in [0.29, 0.717) is 11.6 Å². The van der Waals surface area contributed by atoms with Crippen LogP contribution in [0, 0.1) is 16.0 Å². The number of nitrogens with zero attached hydrogens (tertiary/aromatic N) is 1. The maximum absolute atomic E-state index is 12.6. The number of aryl methyl sites for hydroxylation is 1. The lowest BCUT2D eigenvalue weighted by Gasteiger charge is -2.16. The number of sulfonamides is 1. The van der Waals surface area contributed by atoms with Crippen LogP contribution in [0.3, 0.4) is 0 Å². The maximum Gasteiger partial charge on any atom is 0.270 e. The lowest BCUT2D eigenvalue weighted by molar-refractivity contribution is -0.385. The molecule has 3 aromatic rings. The number of hydrogen-bond acceptors (Lipinski definition) is 5. The van der Waals surface area contributed by atoms with Crippen LogP contribution >= 0.6 is 0 Å². The Hall–Kier alpha value is -2.87. The van der Waals surface area contributed by atoms with Crippen LogP contribution in [0.2, 0.25) is 0 Å². The van der Waals surface area contributed by atoms with E-state index < -0.39 is 14.9 Å². The molecule has 0 amide bonds. The van der Waals surface area contributed by atoms with Crippen molar-refractivity contribution in [3.05, 3.63) is 63.9 Å². The summed E-state index contributed by atoms with van der Waals surface area (Å²) in [6, 6.07) is 10.1. The third-order valence-corrected chi connectivity index (χ3v) is 6.27. The summed E-state index contributed by atoms with van der Waals surface area (Å²) in [5.74, 6) is 1.55. The molecular formula is C19H18N2O5S. The lowest BCUT2D eigenvalue weighted by Crippen LogP contribution is -2.13. The van der Waals surface area contributed by atoms with Gasteiger partial charge in [-0.25, -0.2) is 8.42 Å². The molecule has 27 heavy (non-hydrogen) atoms. The van der Waals surface area contributed by atoms with Crippen molar-refractivity contribution in [2.45, 2.75) is 31.1 Å². The number of hydrogen-bond donors (Lipinski definition) is 1. The molecule has 4 rings (SSSR count). The summed E-state index contributed by atoms with van der Waals surface area (Å²) in [6.07, 6.45) is 2.87. The minimum Gasteiger partial charge on any atom is -0.461 e. The van der Waals surface area contributed by atoms with Gasteiger partial charge in [0.15, 0.2) is 0 Å². The zero-order valence-corrected chi connectivity index (χ0v) is 15.5. The Bertz CT molecular complexity index is 1150. The molecule has 1 N–H and O–H groups in total. The number of benzene rings is 2. The molecule has 8 heteroatoms. The summed E-state index contributed by atoms with van der Waals surface area (Å²) in [5.41, 5.74) is 2.01. The van der Waals surface area contributed by atoms with Gasteiger partial charge >= 0.3 is 0 Å². The first kappa shape index (κ1) is 17.5. The van der Waals surface area contributed by atoms with Gasteiger partial charge in [-0.1, -0.05) is 13.0 Å². The molecule has 0 spiro atoms. The minimum atomic E-state index is -3.94. The van der Waals surface area contributed by atoms with Gasteiger partial charge in [0.1, 0.15) is 11.3 Å². The van der Waals surface area contributed by atoms with Crippen LogP contribution in [-0.2, 0) is 22.9 Å². The minimum absolute atomic E-state index is 0.153.